The van der Waals surface area contributed by atoms with Gasteiger partial charge in [-0.2, -0.15) is 0 Å². The van der Waals surface area contributed by atoms with E-state index in [0.717, 1.165) is 11.3 Å². The van der Waals surface area contributed by atoms with Gasteiger partial charge in [-0.15, -0.1) is 0 Å². The maximum Gasteiger partial charge on any atom is 0.340 e. The number of hydrogen-bond acceptors (Lipinski definition) is 6. The highest BCUT2D eigenvalue weighted by Crippen LogP contribution is 2.27. The van der Waals surface area contributed by atoms with Crippen molar-refractivity contribution in [3.8, 4) is 5.75 Å². The Morgan fingerprint density at radius 3 is 2.41 bits per heavy atom. The van der Waals surface area contributed by atoms with Crippen LogP contribution < -0.4 is 15.0 Å². The predicted molar refractivity (Wildman–Crippen MR) is 131 cm³/mol. The molecule has 1 saturated heterocycles. The molecule has 1 amide bonds. The minimum Gasteiger partial charge on any atom is -0.489 e. The van der Waals surface area contributed by atoms with Gasteiger partial charge in [-0.25, -0.2) is 4.79 Å². The monoisotopic (exact) mass is 460 g/mol. The van der Waals surface area contributed by atoms with Gasteiger partial charge in [0.15, 0.2) is 0 Å². The number of esters is 1. The number of nitrogens with zero attached hydrogens (tertiary/aromatic N) is 1. The highest BCUT2D eigenvalue weighted by atomic mass is 16.5. The molecule has 34 heavy (non-hydrogen) atoms. The van der Waals surface area contributed by atoms with Crippen molar-refractivity contribution in [2.75, 3.05) is 43.1 Å². The molecule has 4 rings (SSSR count). The van der Waals surface area contributed by atoms with Crippen molar-refractivity contribution in [3.05, 3.63) is 89.5 Å². The van der Waals surface area contributed by atoms with Gasteiger partial charge in [0.1, 0.15) is 12.4 Å². The highest BCUT2D eigenvalue weighted by Gasteiger charge is 2.21. The number of nitrogens with one attached hydrogen (secondary N) is 1. The zero-order valence-corrected chi connectivity index (χ0v) is 19.2. The number of benzene rings is 3. The second kappa shape index (κ2) is 11.3. The molecule has 0 unspecified atom stereocenters. The first-order chi connectivity index (χ1) is 16.6. The topological polar surface area (TPSA) is 77.1 Å². The van der Waals surface area contributed by atoms with Gasteiger partial charge in [-0.05, 0) is 55.0 Å². The van der Waals surface area contributed by atoms with Gasteiger partial charge >= 0.3 is 5.97 Å². The summed E-state index contributed by atoms with van der Waals surface area (Å²) in [5, 5.41) is 2.87. The Hall–Kier alpha value is -3.84. The quantitative estimate of drug-likeness (QED) is 0.498. The fraction of sp³-hybridized carbons (Fsp3) is 0.259. The molecule has 0 aliphatic carbocycles. The molecule has 0 bridgehead atoms. The van der Waals surface area contributed by atoms with E-state index < -0.39 is 5.97 Å². The van der Waals surface area contributed by atoms with Crippen molar-refractivity contribution in [2.45, 2.75) is 13.5 Å². The van der Waals surface area contributed by atoms with Gasteiger partial charge in [0.05, 0.1) is 31.1 Å². The van der Waals surface area contributed by atoms with E-state index in [0.29, 0.717) is 55.5 Å². The molecular weight excluding hydrogens is 432 g/mol. The minimum atomic E-state index is -0.417. The van der Waals surface area contributed by atoms with Crippen LogP contribution in [0.1, 0.15) is 33.2 Å². The van der Waals surface area contributed by atoms with E-state index in [1.54, 1.807) is 43.3 Å². The van der Waals surface area contributed by atoms with E-state index in [1.807, 2.05) is 36.4 Å². The lowest BCUT2D eigenvalue weighted by molar-refractivity contribution is 0.0526. The number of morpholine rings is 1. The molecule has 7 heteroatoms. The second-order valence-corrected chi connectivity index (χ2v) is 7.80. The third-order valence-corrected chi connectivity index (χ3v) is 5.47. The maximum absolute atomic E-state index is 12.8. The van der Waals surface area contributed by atoms with Crippen LogP contribution in [0.25, 0.3) is 0 Å². The standard InChI is InChI=1S/C27H28N2O5/c1-2-33-27(31)24-18-22(10-13-25(24)29-14-16-32-17-15-29)28-26(30)21-8-11-23(12-9-21)34-19-20-6-4-3-5-7-20/h3-13,18H,2,14-17,19H2,1H3,(H,28,30). The molecule has 176 valence electrons. The fourth-order valence-corrected chi connectivity index (χ4v) is 3.71. The molecule has 1 N–H and O–H groups in total. The zero-order valence-electron chi connectivity index (χ0n) is 19.2. The summed E-state index contributed by atoms with van der Waals surface area (Å²) in [6.45, 7) is 5.09. The molecule has 0 aromatic heterocycles. The number of hydrogen-bond donors (Lipinski definition) is 1. The lowest BCUT2D eigenvalue weighted by atomic mass is 10.1. The Balaban J connectivity index is 1.44. The van der Waals surface area contributed by atoms with E-state index in [2.05, 4.69) is 10.2 Å². The minimum absolute atomic E-state index is 0.274. The summed E-state index contributed by atoms with van der Waals surface area (Å²) in [6.07, 6.45) is 0. The van der Waals surface area contributed by atoms with Crippen LogP contribution in [0.2, 0.25) is 0 Å². The van der Waals surface area contributed by atoms with E-state index in [9.17, 15) is 9.59 Å². The molecule has 3 aromatic carbocycles. The largest absolute Gasteiger partial charge is 0.489 e. The lowest BCUT2D eigenvalue weighted by Crippen LogP contribution is -2.37. The SMILES string of the molecule is CCOC(=O)c1cc(NC(=O)c2ccc(OCc3ccccc3)cc2)ccc1N1CCOCC1. The summed E-state index contributed by atoms with van der Waals surface area (Å²) in [6, 6.07) is 22.1. The Labute approximate surface area is 199 Å². The first-order valence-electron chi connectivity index (χ1n) is 11.4. The molecule has 1 fully saturated rings. The van der Waals surface area contributed by atoms with Crippen LogP contribution in [0, 0.1) is 0 Å². The normalized spacial score (nSPS) is 13.3. The van der Waals surface area contributed by atoms with Crippen molar-refractivity contribution >= 4 is 23.3 Å². The summed E-state index contributed by atoms with van der Waals surface area (Å²) in [5.41, 5.74) is 3.28. The third-order valence-electron chi connectivity index (χ3n) is 5.47. The summed E-state index contributed by atoms with van der Waals surface area (Å²) in [5.74, 6) is -0.0107. The molecule has 3 aromatic rings. The number of rotatable bonds is 8. The van der Waals surface area contributed by atoms with E-state index in [4.69, 9.17) is 14.2 Å². The number of carbonyl (C=O) groups is 2. The first-order valence-corrected chi connectivity index (χ1v) is 11.4. The van der Waals surface area contributed by atoms with E-state index >= 15 is 0 Å². The lowest BCUT2D eigenvalue weighted by Gasteiger charge is -2.30. The Morgan fingerprint density at radius 2 is 1.71 bits per heavy atom. The number of anilines is 2. The van der Waals surface area contributed by atoms with Crippen LogP contribution in [-0.4, -0.2) is 44.8 Å². The summed E-state index contributed by atoms with van der Waals surface area (Å²) < 4.78 is 16.4. The van der Waals surface area contributed by atoms with Gasteiger partial charge in [0.2, 0.25) is 0 Å². The number of amides is 1. The van der Waals surface area contributed by atoms with Crippen molar-refractivity contribution in [1.29, 1.82) is 0 Å². The molecule has 0 atom stereocenters. The fourth-order valence-electron chi connectivity index (χ4n) is 3.71. The van der Waals surface area contributed by atoms with Crippen LogP contribution >= 0.6 is 0 Å². The molecule has 1 aliphatic rings. The average molecular weight is 461 g/mol. The Morgan fingerprint density at radius 1 is 0.971 bits per heavy atom. The van der Waals surface area contributed by atoms with Crippen LogP contribution in [0.5, 0.6) is 5.75 Å². The number of ether oxygens (including phenoxy) is 3. The molecule has 0 spiro atoms. The summed E-state index contributed by atoms with van der Waals surface area (Å²) in [4.78, 5) is 27.5. The van der Waals surface area contributed by atoms with E-state index in [-0.39, 0.29) is 12.5 Å². The van der Waals surface area contributed by atoms with Crippen molar-refractivity contribution in [3.63, 3.8) is 0 Å². The molecule has 1 aliphatic heterocycles. The van der Waals surface area contributed by atoms with Crippen molar-refractivity contribution in [2.24, 2.45) is 0 Å². The van der Waals surface area contributed by atoms with E-state index in [1.165, 1.54) is 0 Å². The Kier molecular flexibility index (Phi) is 7.78. The van der Waals surface area contributed by atoms with Gasteiger partial charge < -0.3 is 24.4 Å². The van der Waals surface area contributed by atoms with Crippen molar-refractivity contribution in [1.82, 2.24) is 0 Å². The van der Waals surface area contributed by atoms with Crippen LogP contribution in [0.3, 0.4) is 0 Å². The Bertz CT molecular complexity index is 1110. The maximum atomic E-state index is 12.8. The first kappa shape index (κ1) is 23.3. The predicted octanol–water partition coefficient (Wildman–Crippen LogP) is 4.53. The number of carbonyl (C=O) groups excluding carboxylic acids is 2. The van der Waals surface area contributed by atoms with Crippen LogP contribution in [0.15, 0.2) is 72.8 Å². The van der Waals surface area contributed by atoms with Gasteiger partial charge in [0, 0.05) is 24.3 Å². The van der Waals surface area contributed by atoms with Gasteiger partial charge in [0.25, 0.3) is 5.91 Å². The molecule has 0 radical (unpaired) electrons. The van der Waals surface area contributed by atoms with Gasteiger partial charge in [-0.1, -0.05) is 30.3 Å². The second-order valence-electron chi connectivity index (χ2n) is 7.80. The van der Waals surface area contributed by atoms with Crippen LogP contribution in [-0.2, 0) is 16.1 Å². The van der Waals surface area contributed by atoms with Crippen molar-refractivity contribution < 1.29 is 23.8 Å². The molecule has 7 nitrogen and oxygen atoms in total. The van der Waals surface area contributed by atoms with Gasteiger partial charge in [-0.3, -0.25) is 4.79 Å². The molecule has 0 saturated carbocycles. The zero-order chi connectivity index (χ0) is 23.8. The molecule has 1 heterocycles. The summed E-state index contributed by atoms with van der Waals surface area (Å²) >= 11 is 0. The molecular formula is C27H28N2O5. The third kappa shape index (κ3) is 5.94. The smallest absolute Gasteiger partial charge is 0.340 e. The summed E-state index contributed by atoms with van der Waals surface area (Å²) in [7, 11) is 0. The highest BCUT2D eigenvalue weighted by molar-refractivity contribution is 6.05. The van der Waals surface area contributed by atoms with Crippen LogP contribution in [0.4, 0.5) is 11.4 Å². The average Bonchev–Trinajstić information content (AvgIpc) is 2.89.